The first-order valence-electron chi connectivity index (χ1n) is 9.06. The summed E-state index contributed by atoms with van der Waals surface area (Å²) >= 11 is 1.66. The number of aromatic nitrogens is 1. The van der Waals surface area contributed by atoms with Gasteiger partial charge in [0.2, 0.25) is 0 Å². The van der Waals surface area contributed by atoms with E-state index >= 15 is 0 Å². The minimum Gasteiger partial charge on any atom is -0.370 e. The molecule has 28 heavy (non-hydrogen) atoms. The van der Waals surface area contributed by atoms with E-state index in [0.717, 1.165) is 56.1 Å². The predicted molar refractivity (Wildman–Crippen MR) is 124 cm³/mol. The van der Waals surface area contributed by atoms with Gasteiger partial charge in [0.05, 0.1) is 4.92 Å². The topological polar surface area (TPSA) is 101 Å². The molecule has 2 N–H and O–H groups in total. The minimum absolute atomic E-state index is 0. The molecule has 0 radical (unpaired) electrons. The van der Waals surface area contributed by atoms with Crippen LogP contribution in [0.25, 0.3) is 0 Å². The summed E-state index contributed by atoms with van der Waals surface area (Å²) < 4.78 is 0. The second kappa shape index (κ2) is 11.1. The van der Waals surface area contributed by atoms with Crippen LogP contribution in [0.2, 0.25) is 0 Å². The van der Waals surface area contributed by atoms with Crippen molar-refractivity contribution in [2.45, 2.75) is 19.3 Å². The first-order chi connectivity index (χ1) is 13.1. The molecule has 152 valence electrons. The van der Waals surface area contributed by atoms with Crippen LogP contribution in [-0.2, 0) is 6.42 Å². The lowest BCUT2D eigenvalue weighted by Gasteiger charge is -2.35. The van der Waals surface area contributed by atoms with Crippen LogP contribution < -0.4 is 10.6 Å². The van der Waals surface area contributed by atoms with Crippen LogP contribution in [0.15, 0.2) is 40.8 Å². The normalized spacial score (nSPS) is 14.6. The third kappa shape index (κ3) is 6.30. The lowest BCUT2D eigenvalue weighted by atomic mass is 10.1. The lowest BCUT2D eigenvalue weighted by molar-refractivity contribution is -0.384. The van der Waals surface area contributed by atoms with Crippen LogP contribution in [0.4, 0.5) is 10.8 Å². The van der Waals surface area contributed by atoms with Crippen molar-refractivity contribution in [2.75, 3.05) is 37.6 Å². The van der Waals surface area contributed by atoms with E-state index in [1.165, 1.54) is 0 Å². The van der Waals surface area contributed by atoms with Gasteiger partial charge in [0.15, 0.2) is 11.1 Å². The number of nitro benzene ring substituents is 1. The highest BCUT2D eigenvalue weighted by Crippen LogP contribution is 2.18. The molecule has 3 rings (SSSR count). The second-order valence-electron chi connectivity index (χ2n) is 6.41. The molecule has 1 aromatic carbocycles. The van der Waals surface area contributed by atoms with Crippen molar-refractivity contribution in [3.05, 3.63) is 51.5 Å². The summed E-state index contributed by atoms with van der Waals surface area (Å²) in [5.41, 5.74) is 7.37. The van der Waals surface area contributed by atoms with Crippen molar-refractivity contribution < 1.29 is 4.92 Å². The van der Waals surface area contributed by atoms with E-state index in [0.29, 0.717) is 12.5 Å². The summed E-state index contributed by atoms with van der Waals surface area (Å²) in [6.45, 7) is 4.23. The fraction of sp³-hybridized carbons (Fsp3) is 0.444. The standard InChI is InChI=1S/C18H24N6O2S.HI/c19-17(22-10-12-23(13-11-22)18-21-9-14-27-18)20-8-2-1-3-15-4-6-16(7-5-15)24(25)26;/h4-7,9,14H,1-3,8,10-13H2,(H2,19,20);1H. The molecule has 0 amide bonds. The molecule has 1 aliphatic rings. The van der Waals surface area contributed by atoms with Gasteiger partial charge in [-0.3, -0.25) is 15.1 Å². The third-order valence-corrected chi connectivity index (χ3v) is 5.42. The third-order valence-electron chi connectivity index (χ3n) is 4.59. The fourth-order valence-corrected chi connectivity index (χ4v) is 3.71. The van der Waals surface area contributed by atoms with Crippen LogP contribution in [0.5, 0.6) is 0 Å². The number of benzene rings is 1. The number of nitrogens with zero attached hydrogens (tertiary/aromatic N) is 5. The number of nitrogens with two attached hydrogens (primary N) is 1. The highest BCUT2D eigenvalue weighted by molar-refractivity contribution is 14.0. The average molecular weight is 516 g/mol. The molecule has 2 aromatic rings. The molecule has 0 unspecified atom stereocenters. The van der Waals surface area contributed by atoms with Gasteiger partial charge in [-0.05, 0) is 24.8 Å². The number of hydrogen-bond donors (Lipinski definition) is 1. The van der Waals surface area contributed by atoms with Crippen molar-refractivity contribution in [2.24, 2.45) is 10.7 Å². The summed E-state index contributed by atoms with van der Waals surface area (Å²) in [6.07, 6.45) is 4.64. The zero-order valence-corrected chi connectivity index (χ0v) is 18.7. The Labute approximate surface area is 185 Å². The van der Waals surface area contributed by atoms with Crippen molar-refractivity contribution in [3.8, 4) is 0 Å². The molecule has 1 fully saturated rings. The number of rotatable bonds is 7. The first-order valence-corrected chi connectivity index (χ1v) is 9.94. The number of halogens is 1. The van der Waals surface area contributed by atoms with E-state index in [1.807, 2.05) is 23.7 Å². The molecular weight excluding hydrogens is 491 g/mol. The Bertz CT molecular complexity index is 761. The van der Waals surface area contributed by atoms with Gasteiger partial charge in [-0.25, -0.2) is 4.98 Å². The zero-order chi connectivity index (χ0) is 19.1. The van der Waals surface area contributed by atoms with Crippen molar-refractivity contribution >= 4 is 52.1 Å². The number of aryl methyl sites for hydroxylation is 1. The molecule has 8 nitrogen and oxygen atoms in total. The molecular formula is C18H25IN6O2S. The lowest BCUT2D eigenvalue weighted by Crippen LogP contribution is -2.51. The molecule has 0 saturated carbocycles. The summed E-state index contributed by atoms with van der Waals surface area (Å²) in [4.78, 5) is 23.5. The summed E-state index contributed by atoms with van der Waals surface area (Å²) in [5, 5.41) is 13.7. The molecule has 2 heterocycles. The van der Waals surface area contributed by atoms with Crippen molar-refractivity contribution in [1.29, 1.82) is 0 Å². The molecule has 0 aliphatic carbocycles. The number of nitro groups is 1. The van der Waals surface area contributed by atoms with Gasteiger partial charge in [-0.2, -0.15) is 0 Å². The van der Waals surface area contributed by atoms with Gasteiger partial charge >= 0.3 is 0 Å². The molecule has 0 bridgehead atoms. The highest BCUT2D eigenvalue weighted by Gasteiger charge is 2.19. The van der Waals surface area contributed by atoms with Gasteiger partial charge < -0.3 is 15.5 Å². The average Bonchev–Trinajstić information content (AvgIpc) is 3.23. The monoisotopic (exact) mass is 516 g/mol. The van der Waals surface area contributed by atoms with Crippen LogP contribution in [0, 0.1) is 10.1 Å². The number of guanidine groups is 1. The molecule has 10 heteroatoms. The Morgan fingerprint density at radius 1 is 1.21 bits per heavy atom. The number of aliphatic imine (C=N–C) groups is 1. The number of hydrogen-bond acceptors (Lipinski definition) is 6. The van der Waals surface area contributed by atoms with Crippen molar-refractivity contribution in [3.63, 3.8) is 0 Å². The summed E-state index contributed by atoms with van der Waals surface area (Å²) in [5.74, 6) is 0.615. The number of anilines is 1. The molecule has 0 spiro atoms. The minimum atomic E-state index is -0.377. The van der Waals surface area contributed by atoms with E-state index in [9.17, 15) is 10.1 Å². The number of piperazine rings is 1. The van der Waals surface area contributed by atoms with Gasteiger partial charge in [0, 0.05) is 56.4 Å². The van der Waals surface area contributed by atoms with Gasteiger partial charge in [0.1, 0.15) is 0 Å². The smallest absolute Gasteiger partial charge is 0.269 e. The highest BCUT2D eigenvalue weighted by atomic mass is 127. The van der Waals surface area contributed by atoms with E-state index < -0.39 is 0 Å². The Morgan fingerprint density at radius 2 is 1.93 bits per heavy atom. The maximum absolute atomic E-state index is 10.7. The maximum atomic E-state index is 10.7. The Hall–Kier alpha value is -1.95. The second-order valence-corrected chi connectivity index (χ2v) is 7.28. The Morgan fingerprint density at radius 3 is 2.54 bits per heavy atom. The molecule has 0 atom stereocenters. The summed E-state index contributed by atoms with van der Waals surface area (Å²) in [7, 11) is 0. The Kier molecular flexibility index (Phi) is 8.90. The van der Waals surface area contributed by atoms with Crippen LogP contribution in [0.3, 0.4) is 0 Å². The van der Waals surface area contributed by atoms with E-state index in [-0.39, 0.29) is 34.6 Å². The number of non-ortho nitro benzene ring substituents is 1. The first kappa shape index (κ1) is 22.3. The van der Waals surface area contributed by atoms with Crippen LogP contribution in [0.1, 0.15) is 18.4 Å². The quantitative estimate of drug-likeness (QED) is 0.152. The van der Waals surface area contributed by atoms with Gasteiger partial charge in [0.25, 0.3) is 5.69 Å². The van der Waals surface area contributed by atoms with Gasteiger partial charge in [-0.1, -0.05) is 12.1 Å². The number of unbranched alkanes of at least 4 members (excludes halogenated alkanes) is 1. The zero-order valence-electron chi connectivity index (χ0n) is 15.6. The maximum Gasteiger partial charge on any atom is 0.269 e. The SMILES string of the molecule is I.NC(=NCCCCc1ccc([N+](=O)[O-])cc1)N1CCN(c2nccs2)CC1. The van der Waals surface area contributed by atoms with E-state index in [2.05, 4.69) is 19.8 Å². The van der Waals surface area contributed by atoms with Gasteiger partial charge in [-0.15, -0.1) is 35.3 Å². The Balaban J connectivity index is 0.00000280. The van der Waals surface area contributed by atoms with Crippen LogP contribution >= 0.6 is 35.3 Å². The predicted octanol–water partition coefficient (Wildman–Crippen LogP) is 3.13. The number of thiazole rings is 1. The van der Waals surface area contributed by atoms with E-state index in [4.69, 9.17) is 5.73 Å². The molecule has 1 aromatic heterocycles. The summed E-state index contributed by atoms with van der Waals surface area (Å²) in [6, 6.07) is 6.74. The molecule has 1 aliphatic heterocycles. The van der Waals surface area contributed by atoms with E-state index in [1.54, 1.807) is 23.5 Å². The van der Waals surface area contributed by atoms with Crippen molar-refractivity contribution in [1.82, 2.24) is 9.88 Å². The largest absolute Gasteiger partial charge is 0.370 e. The fourth-order valence-electron chi connectivity index (χ4n) is 3.02. The van der Waals surface area contributed by atoms with Crippen LogP contribution in [-0.4, -0.2) is 53.5 Å². The molecule has 1 saturated heterocycles.